The van der Waals surface area contributed by atoms with Gasteiger partial charge in [-0.2, -0.15) is 0 Å². The molecule has 2 aromatic carbocycles. The van der Waals surface area contributed by atoms with Crippen molar-refractivity contribution in [2.45, 2.75) is 39.0 Å². The molecular weight excluding hydrogens is 340 g/mol. The third-order valence-electron chi connectivity index (χ3n) is 4.85. The number of nitrogens with zero attached hydrogens (tertiary/aromatic N) is 1. The van der Waals surface area contributed by atoms with Crippen LogP contribution in [0.3, 0.4) is 0 Å². The second-order valence-electron chi connectivity index (χ2n) is 6.94. The molecule has 0 unspecified atom stereocenters. The van der Waals surface area contributed by atoms with Crippen molar-refractivity contribution in [3.8, 4) is 0 Å². The van der Waals surface area contributed by atoms with Gasteiger partial charge in [0.2, 0.25) is 0 Å². The quantitative estimate of drug-likeness (QED) is 0.695. The predicted molar refractivity (Wildman–Crippen MR) is 107 cm³/mol. The molecule has 1 heterocycles. The number of benzene rings is 2. The average Bonchev–Trinajstić information content (AvgIpc) is 3.08. The van der Waals surface area contributed by atoms with Crippen molar-refractivity contribution in [1.82, 2.24) is 4.98 Å². The molecule has 0 aliphatic heterocycles. The molecule has 4 rings (SSSR count). The van der Waals surface area contributed by atoms with Crippen molar-refractivity contribution >= 4 is 22.4 Å². The van der Waals surface area contributed by atoms with Crippen molar-refractivity contribution in [3.05, 3.63) is 81.4 Å². The van der Waals surface area contributed by atoms with Crippen molar-refractivity contribution < 1.29 is 4.79 Å². The molecule has 1 N–H and O–H groups in total. The smallest absolute Gasteiger partial charge is 0.257 e. The molecule has 4 heteroatoms. The van der Waals surface area contributed by atoms with E-state index in [1.807, 2.05) is 18.3 Å². The normalized spacial score (nSPS) is 13.3. The first-order chi connectivity index (χ1) is 12.7. The Morgan fingerprint density at radius 3 is 2.81 bits per heavy atom. The SMILES string of the molecule is Cc1cccc(Cc2cnc(NC(=O)c3ccc4c(c3)CCCC4)s2)c1. The minimum absolute atomic E-state index is 0.0742. The summed E-state index contributed by atoms with van der Waals surface area (Å²) in [5.74, 6) is -0.0742. The van der Waals surface area contributed by atoms with Crippen LogP contribution < -0.4 is 5.32 Å². The number of thiazole rings is 1. The molecule has 0 radical (unpaired) electrons. The second kappa shape index (κ2) is 7.42. The van der Waals surface area contributed by atoms with Gasteiger partial charge in [0, 0.05) is 23.1 Å². The van der Waals surface area contributed by atoms with Crippen LogP contribution in [0.4, 0.5) is 5.13 Å². The fraction of sp³-hybridized carbons (Fsp3) is 0.273. The van der Waals surface area contributed by atoms with Crippen molar-refractivity contribution in [3.63, 3.8) is 0 Å². The lowest BCUT2D eigenvalue weighted by atomic mass is 9.90. The van der Waals surface area contributed by atoms with Crippen LogP contribution in [0.15, 0.2) is 48.7 Å². The van der Waals surface area contributed by atoms with Crippen LogP contribution in [-0.2, 0) is 19.3 Å². The van der Waals surface area contributed by atoms with Crippen LogP contribution in [0.25, 0.3) is 0 Å². The summed E-state index contributed by atoms with van der Waals surface area (Å²) in [5, 5.41) is 3.61. The summed E-state index contributed by atoms with van der Waals surface area (Å²) in [7, 11) is 0. The van der Waals surface area contributed by atoms with Crippen LogP contribution in [-0.4, -0.2) is 10.9 Å². The topological polar surface area (TPSA) is 42.0 Å². The summed E-state index contributed by atoms with van der Waals surface area (Å²) in [6.07, 6.45) is 7.37. The third-order valence-corrected chi connectivity index (χ3v) is 5.76. The summed E-state index contributed by atoms with van der Waals surface area (Å²) < 4.78 is 0. The molecule has 1 aliphatic carbocycles. The number of carbonyl (C=O) groups is 1. The number of nitrogens with one attached hydrogen (secondary N) is 1. The van der Waals surface area contributed by atoms with Crippen LogP contribution in [0.1, 0.15) is 50.3 Å². The van der Waals surface area contributed by atoms with Crippen LogP contribution in [0.5, 0.6) is 0 Å². The van der Waals surface area contributed by atoms with Gasteiger partial charge in [0.05, 0.1) is 0 Å². The van der Waals surface area contributed by atoms with Crippen LogP contribution in [0.2, 0.25) is 0 Å². The molecule has 3 aromatic rings. The maximum absolute atomic E-state index is 12.6. The maximum atomic E-state index is 12.6. The number of aromatic nitrogens is 1. The zero-order valence-corrected chi connectivity index (χ0v) is 15.7. The van der Waals surface area contributed by atoms with Crippen molar-refractivity contribution in [2.75, 3.05) is 5.32 Å². The van der Waals surface area contributed by atoms with E-state index in [-0.39, 0.29) is 5.91 Å². The zero-order valence-electron chi connectivity index (χ0n) is 14.9. The number of anilines is 1. The van der Waals surface area contributed by atoms with Gasteiger partial charge >= 0.3 is 0 Å². The van der Waals surface area contributed by atoms with Crippen LogP contribution >= 0.6 is 11.3 Å². The average molecular weight is 362 g/mol. The number of rotatable bonds is 4. The lowest BCUT2D eigenvalue weighted by Gasteiger charge is -2.16. The zero-order chi connectivity index (χ0) is 17.9. The standard InChI is InChI=1S/C22H22N2OS/c1-15-5-4-6-16(11-15)12-20-14-23-22(26-20)24-21(25)19-10-9-17-7-2-3-8-18(17)13-19/h4-6,9-11,13-14H,2-3,7-8,12H2,1H3,(H,23,24,25). The number of carbonyl (C=O) groups excluding carboxylic acids is 1. The molecule has 1 aliphatic rings. The van der Waals surface area contributed by atoms with E-state index in [9.17, 15) is 4.79 Å². The number of fused-ring (bicyclic) bond motifs is 1. The summed E-state index contributed by atoms with van der Waals surface area (Å²) >= 11 is 1.54. The first-order valence-electron chi connectivity index (χ1n) is 9.11. The molecule has 0 saturated carbocycles. The molecule has 26 heavy (non-hydrogen) atoms. The summed E-state index contributed by atoms with van der Waals surface area (Å²) in [5.41, 5.74) is 5.96. The largest absolute Gasteiger partial charge is 0.298 e. The van der Waals surface area contributed by atoms with Gasteiger partial charge in [0.25, 0.3) is 5.91 Å². The monoisotopic (exact) mass is 362 g/mol. The number of aryl methyl sites for hydroxylation is 3. The van der Waals surface area contributed by atoms with E-state index in [0.29, 0.717) is 5.13 Å². The Morgan fingerprint density at radius 1 is 1.12 bits per heavy atom. The second-order valence-corrected chi connectivity index (χ2v) is 8.06. The molecule has 0 bridgehead atoms. The number of hydrogen-bond acceptors (Lipinski definition) is 3. The van der Waals surface area contributed by atoms with E-state index in [2.05, 4.69) is 47.6 Å². The van der Waals surface area contributed by atoms with Crippen LogP contribution in [0, 0.1) is 6.92 Å². The first kappa shape index (κ1) is 17.0. The fourth-order valence-corrected chi connectivity index (χ4v) is 4.36. The molecule has 0 atom stereocenters. The van der Waals surface area contributed by atoms with Gasteiger partial charge in [-0.1, -0.05) is 35.9 Å². The lowest BCUT2D eigenvalue weighted by molar-refractivity contribution is 0.102. The fourth-order valence-electron chi connectivity index (χ4n) is 3.51. The highest BCUT2D eigenvalue weighted by Gasteiger charge is 2.14. The molecule has 3 nitrogen and oxygen atoms in total. The Bertz CT molecular complexity index is 945. The minimum atomic E-state index is -0.0742. The molecule has 0 fully saturated rings. The lowest BCUT2D eigenvalue weighted by Crippen LogP contribution is -2.13. The Balaban J connectivity index is 1.44. The molecule has 0 spiro atoms. The Kier molecular flexibility index (Phi) is 4.85. The van der Waals surface area contributed by atoms with Gasteiger partial charge in [-0.05, 0) is 61.4 Å². The highest BCUT2D eigenvalue weighted by Crippen LogP contribution is 2.24. The number of hydrogen-bond donors (Lipinski definition) is 1. The highest BCUT2D eigenvalue weighted by molar-refractivity contribution is 7.15. The van der Waals surface area contributed by atoms with E-state index in [4.69, 9.17) is 0 Å². The third kappa shape index (κ3) is 3.86. The van der Waals surface area contributed by atoms with E-state index in [0.717, 1.165) is 29.7 Å². The van der Waals surface area contributed by atoms with E-state index in [1.165, 1.54) is 35.1 Å². The van der Waals surface area contributed by atoms with E-state index >= 15 is 0 Å². The van der Waals surface area contributed by atoms with Crippen molar-refractivity contribution in [1.29, 1.82) is 0 Å². The van der Waals surface area contributed by atoms with E-state index < -0.39 is 0 Å². The minimum Gasteiger partial charge on any atom is -0.298 e. The Hall–Kier alpha value is -2.46. The first-order valence-corrected chi connectivity index (χ1v) is 9.92. The summed E-state index contributed by atoms with van der Waals surface area (Å²) in [6, 6.07) is 14.6. The van der Waals surface area contributed by atoms with Gasteiger partial charge in [0.1, 0.15) is 0 Å². The van der Waals surface area contributed by atoms with Gasteiger partial charge in [-0.3, -0.25) is 10.1 Å². The Morgan fingerprint density at radius 2 is 1.96 bits per heavy atom. The molecule has 1 amide bonds. The molecular formula is C22H22N2OS. The Labute approximate surface area is 158 Å². The molecule has 1 aromatic heterocycles. The molecule has 0 saturated heterocycles. The summed E-state index contributed by atoms with van der Waals surface area (Å²) in [6.45, 7) is 2.10. The molecule has 132 valence electrons. The van der Waals surface area contributed by atoms with Gasteiger partial charge in [-0.25, -0.2) is 4.98 Å². The van der Waals surface area contributed by atoms with Gasteiger partial charge in [0.15, 0.2) is 5.13 Å². The van der Waals surface area contributed by atoms with Gasteiger partial charge < -0.3 is 0 Å². The van der Waals surface area contributed by atoms with Gasteiger partial charge in [-0.15, -0.1) is 11.3 Å². The highest BCUT2D eigenvalue weighted by atomic mass is 32.1. The maximum Gasteiger partial charge on any atom is 0.257 e. The number of amides is 1. The van der Waals surface area contributed by atoms with E-state index in [1.54, 1.807) is 11.3 Å². The summed E-state index contributed by atoms with van der Waals surface area (Å²) in [4.78, 5) is 18.1. The van der Waals surface area contributed by atoms with Crippen molar-refractivity contribution in [2.24, 2.45) is 0 Å². The predicted octanol–water partition coefficient (Wildman–Crippen LogP) is 5.17.